The largest absolute Gasteiger partial charge is 0.0990 e. The van der Waals surface area contributed by atoms with Crippen LogP contribution < -0.4 is 0 Å². The van der Waals surface area contributed by atoms with E-state index in [1.165, 1.54) is 31.3 Å². The fourth-order valence-electron chi connectivity index (χ4n) is 4.10. The number of rotatable bonds is 0. The van der Waals surface area contributed by atoms with Gasteiger partial charge in [0.2, 0.25) is 0 Å². The molecule has 3 aliphatic carbocycles. The van der Waals surface area contributed by atoms with Gasteiger partial charge in [-0.3, -0.25) is 0 Å². The van der Waals surface area contributed by atoms with E-state index in [1.807, 2.05) is 0 Å². The average molecular weight is 188 g/mol. The van der Waals surface area contributed by atoms with Gasteiger partial charge in [0.25, 0.3) is 0 Å². The summed E-state index contributed by atoms with van der Waals surface area (Å²) < 4.78 is 0. The van der Waals surface area contributed by atoms with E-state index in [0.717, 1.165) is 11.8 Å². The highest BCUT2D eigenvalue weighted by atomic mass is 14.6. The molecule has 0 amide bonds. The lowest BCUT2D eigenvalue weighted by Crippen LogP contribution is -2.39. The van der Waals surface area contributed by atoms with Crippen LogP contribution in [0.4, 0.5) is 0 Å². The molecule has 2 fully saturated rings. The van der Waals surface area contributed by atoms with Crippen molar-refractivity contribution in [2.45, 2.75) is 39.5 Å². The van der Waals surface area contributed by atoms with Crippen molar-refractivity contribution in [3.8, 4) is 0 Å². The molecular formula is C14H20. The lowest BCUT2D eigenvalue weighted by atomic mass is 9.57. The quantitative estimate of drug-likeness (QED) is 0.505. The smallest absolute Gasteiger partial charge is 0.00467 e. The van der Waals surface area contributed by atoms with Crippen LogP contribution in [0.2, 0.25) is 0 Å². The Kier molecular flexibility index (Phi) is 1.47. The van der Waals surface area contributed by atoms with Crippen LogP contribution in [0.3, 0.4) is 0 Å². The molecule has 3 atom stereocenters. The van der Waals surface area contributed by atoms with Gasteiger partial charge >= 0.3 is 0 Å². The summed E-state index contributed by atoms with van der Waals surface area (Å²) in [5.41, 5.74) is 2.44. The number of allylic oxidation sites excluding steroid dienone is 3. The van der Waals surface area contributed by atoms with Crippen LogP contribution in [0.15, 0.2) is 24.3 Å². The van der Waals surface area contributed by atoms with Gasteiger partial charge in [0, 0.05) is 0 Å². The van der Waals surface area contributed by atoms with Crippen molar-refractivity contribution in [1.29, 1.82) is 0 Å². The zero-order chi connectivity index (χ0) is 9.97. The van der Waals surface area contributed by atoms with Gasteiger partial charge in [0.1, 0.15) is 0 Å². The molecule has 0 heteroatoms. The highest BCUT2D eigenvalue weighted by molar-refractivity contribution is 5.33. The van der Waals surface area contributed by atoms with Crippen molar-refractivity contribution in [2.24, 2.45) is 22.7 Å². The lowest BCUT2D eigenvalue weighted by Gasteiger charge is -2.47. The first-order chi connectivity index (χ1) is 6.56. The standard InChI is InChI=1S/C14H20/c1-10-12-5-4-7-14(12)8-6-11(9-14)13(10,2)3/h6,8,11-12H,1,4-5,7,9H2,2-3H3/t11-,12+,14+/m1/s1. The second kappa shape index (κ2) is 2.35. The van der Waals surface area contributed by atoms with Gasteiger partial charge in [-0.1, -0.05) is 44.6 Å². The second-order valence-electron chi connectivity index (χ2n) is 6.09. The third kappa shape index (κ3) is 0.809. The third-order valence-electron chi connectivity index (χ3n) is 5.26. The lowest BCUT2D eigenvalue weighted by molar-refractivity contribution is 0.139. The Hall–Kier alpha value is -0.520. The molecule has 0 heterocycles. The fraction of sp³-hybridized carbons (Fsp3) is 0.714. The minimum Gasteiger partial charge on any atom is -0.0990 e. The van der Waals surface area contributed by atoms with Gasteiger partial charge in [-0.25, -0.2) is 0 Å². The molecular weight excluding hydrogens is 168 g/mol. The molecule has 2 bridgehead atoms. The van der Waals surface area contributed by atoms with Crippen molar-refractivity contribution in [2.75, 3.05) is 0 Å². The zero-order valence-electron chi connectivity index (χ0n) is 9.34. The van der Waals surface area contributed by atoms with Gasteiger partial charge in [-0.15, -0.1) is 0 Å². The number of hydrogen-bond acceptors (Lipinski definition) is 0. The van der Waals surface area contributed by atoms with Gasteiger partial charge in [-0.2, -0.15) is 0 Å². The summed E-state index contributed by atoms with van der Waals surface area (Å²) in [4.78, 5) is 0. The summed E-state index contributed by atoms with van der Waals surface area (Å²) in [6.45, 7) is 9.18. The summed E-state index contributed by atoms with van der Waals surface area (Å²) in [6.07, 6.45) is 10.6. The second-order valence-corrected chi connectivity index (χ2v) is 6.09. The van der Waals surface area contributed by atoms with Crippen LogP contribution in [0, 0.1) is 22.7 Å². The zero-order valence-corrected chi connectivity index (χ0v) is 9.34. The van der Waals surface area contributed by atoms with Crippen molar-refractivity contribution in [3.05, 3.63) is 24.3 Å². The molecule has 0 radical (unpaired) electrons. The monoisotopic (exact) mass is 188 g/mol. The first-order valence-corrected chi connectivity index (χ1v) is 5.95. The molecule has 3 aliphatic rings. The summed E-state index contributed by atoms with van der Waals surface area (Å²) in [5, 5.41) is 0. The van der Waals surface area contributed by atoms with Crippen LogP contribution in [0.1, 0.15) is 39.5 Å². The molecule has 0 N–H and O–H groups in total. The van der Waals surface area contributed by atoms with Gasteiger partial charge < -0.3 is 0 Å². The molecule has 0 unspecified atom stereocenters. The van der Waals surface area contributed by atoms with Crippen LogP contribution >= 0.6 is 0 Å². The molecule has 76 valence electrons. The summed E-state index contributed by atoms with van der Waals surface area (Å²) in [6, 6.07) is 0. The average Bonchev–Trinajstić information content (AvgIpc) is 2.71. The molecule has 0 nitrogen and oxygen atoms in total. The van der Waals surface area contributed by atoms with Crippen LogP contribution in [0.5, 0.6) is 0 Å². The molecule has 2 saturated carbocycles. The van der Waals surface area contributed by atoms with E-state index in [9.17, 15) is 0 Å². The third-order valence-corrected chi connectivity index (χ3v) is 5.26. The summed E-state index contributed by atoms with van der Waals surface area (Å²) >= 11 is 0. The van der Waals surface area contributed by atoms with Crippen LogP contribution in [-0.2, 0) is 0 Å². The maximum Gasteiger partial charge on any atom is -0.00467 e. The van der Waals surface area contributed by atoms with Crippen molar-refractivity contribution in [1.82, 2.24) is 0 Å². The van der Waals surface area contributed by atoms with E-state index in [4.69, 9.17) is 0 Å². The molecule has 14 heavy (non-hydrogen) atoms. The Balaban J connectivity index is 2.10. The summed E-state index contributed by atoms with van der Waals surface area (Å²) in [7, 11) is 0. The predicted octanol–water partition coefficient (Wildman–Crippen LogP) is 3.95. The Morgan fingerprint density at radius 2 is 2.21 bits per heavy atom. The van der Waals surface area contributed by atoms with Crippen LogP contribution in [-0.4, -0.2) is 0 Å². The van der Waals surface area contributed by atoms with Gasteiger partial charge in [0.05, 0.1) is 0 Å². The summed E-state index contributed by atoms with van der Waals surface area (Å²) in [5.74, 6) is 1.57. The van der Waals surface area contributed by atoms with E-state index in [0.29, 0.717) is 10.8 Å². The Morgan fingerprint density at radius 1 is 1.43 bits per heavy atom. The maximum atomic E-state index is 4.41. The van der Waals surface area contributed by atoms with Crippen LogP contribution in [0.25, 0.3) is 0 Å². The van der Waals surface area contributed by atoms with E-state index in [2.05, 4.69) is 32.6 Å². The van der Waals surface area contributed by atoms with E-state index < -0.39 is 0 Å². The topological polar surface area (TPSA) is 0 Å². The molecule has 0 aromatic heterocycles. The highest BCUT2D eigenvalue weighted by Crippen LogP contribution is 2.65. The first kappa shape index (κ1) is 8.76. The van der Waals surface area contributed by atoms with Crippen molar-refractivity contribution in [3.63, 3.8) is 0 Å². The molecule has 0 saturated heterocycles. The van der Waals surface area contributed by atoms with Gasteiger partial charge in [0.15, 0.2) is 0 Å². The fourth-order valence-corrected chi connectivity index (χ4v) is 4.10. The molecule has 0 aromatic rings. The molecule has 1 spiro atoms. The Bertz CT molecular complexity index is 321. The molecule has 0 aliphatic heterocycles. The van der Waals surface area contributed by atoms with Gasteiger partial charge in [-0.05, 0) is 41.9 Å². The highest BCUT2D eigenvalue weighted by Gasteiger charge is 2.55. The number of hydrogen-bond donors (Lipinski definition) is 0. The predicted molar refractivity (Wildman–Crippen MR) is 59.9 cm³/mol. The minimum atomic E-state index is 0.353. The SMILES string of the molecule is C=C1[C@@H]2CCC[C@@]23C=C[C@H](C3)C1(C)C. The normalized spacial score (nSPS) is 48.3. The molecule has 3 rings (SSSR count). The van der Waals surface area contributed by atoms with Crippen molar-refractivity contribution < 1.29 is 0 Å². The van der Waals surface area contributed by atoms with E-state index >= 15 is 0 Å². The number of fused-ring (bicyclic) bond motifs is 1. The maximum absolute atomic E-state index is 4.41. The van der Waals surface area contributed by atoms with E-state index in [1.54, 1.807) is 0 Å². The minimum absolute atomic E-state index is 0.353. The van der Waals surface area contributed by atoms with E-state index in [-0.39, 0.29) is 0 Å². The first-order valence-electron chi connectivity index (χ1n) is 5.95. The molecule has 0 aromatic carbocycles. The Morgan fingerprint density at radius 3 is 3.00 bits per heavy atom. The van der Waals surface area contributed by atoms with Crippen molar-refractivity contribution >= 4 is 0 Å². The Labute approximate surface area is 87.1 Å².